The molecule has 0 radical (unpaired) electrons. The van der Waals surface area contributed by atoms with E-state index in [1.807, 2.05) is 18.2 Å². The van der Waals surface area contributed by atoms with E-state index < -0.39 is 10.2 Å². The predicted molar refractivity (Wildman–Crippen MR) is 78.7 cm³/mol. The van der Waals surface area contributed by atoms with E-state index in [0.29, 0.717) is 31.9 Å². The van der Waals surface area contributed by atoms with Gasteiger partial charge in [-0.25, -0.2) is 0 Å². The minimum atomic E-state index is -3.50. The van der Waals surface area contributed by atoms with Crippen LogP contribution in [0.3, 0.4) is 0 Å². The topological polar surface area (TPSA) is 74.3 Å². The summed E-state index contributed by atoms with van der Waals surface area (Å²) < 4.78 is 28.9. The average Bonchev–Trinajstić information content (AvgIpc) is 2.48. The third-order valence-electron chi connectivity index (χ3n) is 3.34. The highest BCUT2D eigenvalue weighted by molar-refractivity contribution is 7.90. The molecule has 0 amide bonds. The lowest BCUT2D eigenvalue weighted by Crippen LogP contribution is -2.48. The summed E-state index contributed by atoms with van der Waals surface area (Å²) in [5.74, 6) is 0. The molecule has 2 heterocycles. The van der Waals surface area contributed by atoms with Gasteiger partial charge in [0, 0.05) is 49.3 Å². The summed E-state index contributed by atoms with van der Waals surface area (Å²) in [4.78, 5) is 4.04. The largest absolute Gasteiger partial charge is 0.314 e. The molecular weight excluding hydrogens is 276 g/mol. The first kappa shape index (κ1) is 13.3. The highest BCUT2D eigenvalue weighted by Gasteiger charge is 2.23. The van der Waals surface area contributed by atoms with Gasteiger partial charge in [0.25, 0.3) is 0 Å². The second-order valence-corrected chi connectivity index (χ2v) is 6.33. The second-order valence-electron chi connectivity index (χ2n) is 4.66. The number of rotatable bonds is 3. The van der Waals surface area contributed by atoms with Gasteiger partial charge in [-0.15, -0.1) is 0 Å². The Hall–Kier alpha value is -1.70. The number of benzene rings is 1. The van der Waals surface area contributed by atoms with Gasteiger partial charge in [0.05, 0.1) is 5.69 Å². The number of pyridine rings is 1. The number of hydrogen-bond acceptors (Lipinski definition) is 4. The van der Waals surface area contributed by atoms with Crippen molar-refractivity contribution in [2.24, 2.45) is 0 Å². The lowest BCUT2D eigenvalue weighted by molar-refractivity contribution is 0.362. The summed E-state index contributed by atoms with van der Waals surface area (Å²) in [6.07, 6.45) is 3.38. The summed E-state index contributed by atoms with van der Waals surface area (Å²) in [6.45, 7) is 2.34. The van der Waals surface area contributed by atoms with Crippen LogP contribution in [0.1, 0.15) is 0 Å². The van der Waals surface area contributed by atoms with Gasteiger partial charge in [0.2, 0.25) is 0 Å². The summed E-state index contributed by atoms with van der Waals surface area (Å²) in [5.41, 5.74) is 0.587. The fraction of sp³-hybridized carbons (Fsp3) is 0.308. The van der Waals surface area contributed by atoms with E-state index >= 15 is 0 Å². The zero-order chi connectivity index (χ0) is 14.0. The Labute approximate surface area is 118 Å². The molecule has 106 valence electrons. The van der Waals surface area contributed by atoms with Gasteiger partial charge in [-0.1, -0.05) is 12.1 Å². The number of hydrogen-bond donors (Lipinski definition) is 2. The van der Waals surface area contributed by atoms with Gasteiger partial charge < -0.3 is 5.32 Å². The maximum atomic E-state index is 12.4. The molecule has 2 aromatic rings. The van der Waals surface area contributed by atoms with Gasteiger partial charge in [0.15, 0.2) is 0 Å². The van der Waals surface area contributed by atoms with Crippen molar-refractivity contribution in [2.75, 3.05) is 30.9 Å². The van der Waals surface area contributed by atoms with E-state index in [1.54, 1.807) is 18.5 Å². The van der Waals surface area contributed by atoms with Crippen LogP contribution in [0.4, 0.5) is 5.69 Å². The fourth-order valence-corrected chi connectivity index (χ4v) is 3.55. The lowest BCUT2D eigenvalue weighted by Gasteiger charge is -2.27. The van der Waals surface area contributed by atoms with Crippen molar-refractivity contribution in [3.63, 3.8) is 0 Å². The first-order chi connectivity index (χ1) is 9.67. The van der Waals surface area contributed by atoms with Crippen LogP contribution in [0.15, 0.2) is 36.7 Å². The van der Waals surface area contributed by atoms with Crippen molar-refractivity contribution in [1.82, 2.24) is 14.6 Å². The molecule has 0 unspecified atom stereocenters. The highest BCUT2D eigenvalue weighted by Crippen LogP contribution is 2.23. The number of piperazine rings is 1. The van der Waals surface area contributed by atoms with Crippen LogP contribution in [0, 0.1) is 0 Å². The number of nitrogens with one attached hydrogen (secondary N) is 2. The van der Waals surface area contributed by atoms with Crippen molar-refractivity contribution in [1.29, 1.82) is 0 Å². The minimum absolute atomic E-state index is 0.488. The molecule has 0 spiro atoms. The molecule has 20 heavy (non-hydrogen) atoms. The normalized spacial score (nSPS) is 17.2. The Morgan fingerprint density at radius 2 is 2.00 bits per heavy atom. The molecular formula is C13H16N4O2S. The lowest BCUT2D eigenvalue weighted by atomic mass is 10.1. The summed E-state index contributed by atoms with van der Waals surface area (Å²) >= 11 is 0. The average molecular weight is 292 g/mol. The zero-order valence-corrected chi connectivity index (χ0v) is 11.7. The van der Waals surface area contributed by atoms with Gasteiger partial charge >= 0.3 is 10.2 Å². The molecule has 7 heteroatoms. The Kier molecular flexibility index (Phi) is 3.56. The molecule has 2 N–H and O–H groups in total. The molecule has 1 saturated heterocycles. The molecule has 0 bridgehead atoms. The molecule has 0 atom stereocenters. The van der Waals surface area contributed by atoms with Crippen LogP contribution >= 0.6 is 0 Å². The fourth-order valence-electron chi connectivity index (χ4n) is 2.30. The molecule has 1 aliphatic heterocycles. The molecule has 0 aliphatic carbocycles. The quantitative estimate of drug-likeness (QED) is 0.877. The monoisotopic (exact) mass is 292 g/mol. The third-order valence-corrected chi connectivity index (χ3v) is 4.86. The van der Waals surface area contributed by atoms with E-state index in [-0.39, 0.29) is 0 Å². The van der Waals surface area contributed by atoms with Crippen LogP contribution in [0.25, 0.3) is 10.8 Å². The molecule has 1 aliphatic rings. The zero-order valence-electron chi connectivity index (χ0n) is 10.9. The summed E-state index contributed by atoms with van der Waals surface area (Å²) in [5, 5.41) is 4.90. The van der Waals surface area contributed by atoms with Crippen molar-refractivity contribution >= 4 is 26.7 Å². The van der Waals surface area contributed by atoms with Gasteiger partial charge in [0.1, 0.15) is 0 Å². The Balaban J connectivity index is 1.92. The molecule has 0 saturated carbocycles. The Morgan fingerprint density at radius 3 is 2.80 bits per heavy atom. The number of aromatic nitrogens is 1. The standard InChI is InChI=1S/C13H16N4O2S/c18-20(19,17-8-6-14-7-9-17)16-13-3-1-2-11-10-15-5-4-12(11)13/h1-5,10,14,16H,6-9H2. The van der Waals surface area contributed by atoms with E-state index in [4.69, 9.17) is 0 Å². The molecule has 1 fully saturated rings. The van der Waals surface area contributed by atoms with Crippen LogP contribution in [-0.4, -0.2) is 43.9 Å². The minimum Gasteiger partial charge on any atom is -0.314 e. The van der Waals surface area contributed by atoms with Crippen molar-refractivity contribution in [3.05, 3.63) is 36.7 Å². The van der Waals surface area contributed by atoms with Crippen LogP contribution in [-0.2, 0) is 10.2 Å². The molecule has 1 aromatic heterocycles. The predicted octanol–water partition coefficient (Wildman–Crippen LogP) is 0.797. The third kappa shape index (κ3) is 2.60. The Morgan fingerprint density at radius 1 is 1.20 bits per heavy atom. The van der Waals surface area contributed by atoms with Crippen LogP contribution in [0.2, 0.25) is 0 Å². The van der Waals surface area contributed by atoms with Crippen molar-refractivity contribution < 1.29 is 8.42 Å². The number of nitrogens with zero attached hydrogens (tertiary/aromatic N) is 2. The maximum Gasteiger partial charge on any atom is 0.301 e. The second kappa shape index (κ2) is 5.35. The Bertz CT molecular complexity index is 706. The van der Waals surface area contributed by atoms with Crippen molar-refractivity contribution in [2.45, 2.75) is 0 Å². The van der Waals surface area contributed by atoms with E-state index in [9.17, 15) is 8.42 Å². The summed E-state index contributed by atoms with van der Waals surface area (Å²) in [7, 11) is -3.50. The first-order valence-electron chi connectivity index (χ1n) is 6.48. The molecule has 3 rings (SSSR count). The number of fused-ring (bicyclic) bond motifs is 1. The van der Waals surface area contributed by atoms with Crippen LogP contribution in [0.5, 0.6) is 0 Å². The maximum absolute atomic E-state index is 12.4. The SMILES string of the molecule is O=S(=O)(Nc1cccc2cnccc12)N1CCNCC1. The summed E-state index contributed by atoms with van der Waals surface area (Å²) in [6, 6.07) is 7.30. The van der Waals surface area contributed by atoms with Gasteiger partial charge in [-0.2, -0.15) is 12.7 Å². The first-order valence-corrected chi connectivity index (χ1v) is 7.92. The van der Waals surface area contributed by atoms with Crippen molar-refractivity contribution in [3.8, 4) is 0 Å². The smallest absolute Gasteiger partial charge is 0.301 e. The number of anilines is 1. The van der Waals surface area contributed by atoms with E-state index in [2.05, 4.69) is 15.0 Å². The molecule has 1 aromatic carbocycles. The van der Waals surface area contributed by atoms with Crippen LogP contribution < -0.4 is 10.0 Å². The van der Waals surface area contributed by atoms with Gasteiger partial charge in [-0.05, 0) is 12.1 Å². The van der Waals surface area contributed by atoms with E-state index in [1.165, 1.54) is 4.31 Å². The van der Waals surface area contributed by atoms with E-state index in [0.717, 1.165) is 10.8 Å². The van der Waals surface area contributed by atoms with Gasteiger partial charge in [-0.3, -0.25) is 9.71 Å². The molecule has 6 nitrogen and oxygen atoms in total. The highest BCUT2D eigenvalue weighted by atomic mass is 32.2.